The van der Waals surface area contributed by atoms with Gasteiger partial charge in [-0.25, -0.2) is 0 Å². The standard InChI is InChI=1S/C18H24N2O/c1-20(2)12-11-19-14-17-9-6-10-18(13-17)21-15-16-7-4-3-5-8-16/h3-10,13,19H,11-12,14-15H2,1-2H3/p+2. The van der Waals surface area contributed by atoms with Gasteiger partial charge in [-0.05, 0) is 17.7 Å². The molecule has 2 aromatic carbocycles. The molecule has 3 N–H and O–H groups in total. The molecule has 21 heavy (non-hydrogen) atoms. The van der Waals surface area contributed by atoms with E-state index < -0.39 is 0 Å². The molecule has 0 aliphatic heterocycles. The summed E-state index contributed by atoms with van der Waals surface area (Å²) in [7, 11) is 4.37. The van der Waals surface area contributed by atoms with E-state index in [1.807, 2.05) is 24.3 Å². The van der Waals surface area contributed by atoms with Gasteiger partial charge in [0.1, 0.15) is 32.0 Å². The van der Waals surface area contributed by atoms with Gasteiger partial charge in [-0.3, -0.25) is 0 Å². The van der Waals surface area contributed by atoms with E-state index in [0.717, 1.165) is 18.8 Å². The first-order chi connectivity index (χ1) is 10.2. The summed E-state index contributed by atoms with van der Waals surface area (Å²) in [5.74, 6) is 0.947. The van der Waals surface area contributed by atoms with Crippen molar-refractivity contribution in [2.24, 2.45) is 0 Å². The number of hydrogen-bond donors (Lipinski definition) is 2. The Balaban J connectivity index is 1.80. The van der Waals surface area contributed by atoms with Crippen LogP contribution in [-0.4, -0.2) is 27.2 Å². The monoisotopic (exact) mass is 286 g/mol. The van der Waals surface area contributed by atoms with Crippen LogP contribution < -0.4 is 15.0 Å². The largest absolute Gasteiger partial charge is 0.489 e. The Kier molecular flexibility index (Phi) is 6.25. The number of nitrogens with two attached hydrogens (primary N) is 1. The lowest BCUT2D eigenvalue weighted by atomic mass is 10.2. The van der Waals surface area contributed by atoms with E-state index in [1.54, 1.807) is 0 Å². The normalized spacial score (nSPS) is 10.8. The van der Waals surface area contributed by atoms with Gasteiger partial charge in [0.2, 0.25) is 0 Å². The smallest absolute Gasteiger partial charge is 0.126 e. The van der Waals surface area contributed by atoms with Gasteiger partial charge in [-0.1, -0.05) is 42.5 Å². The molecule has 0 saturated carbocycles. The lowest BCUT2D eigenvalue weighted by Crippen LogP contribution is -3.09. The zero-order valence-electron chi connectivity index (χ0n) is 13.0. The van der Waals surface area contributed by atoms with Crippen molar-refractivity contribution >= 4 is 0 Å². The molecular weight excluding hydrogens is 260 g/mol. The lowest BCUT2D eigenvalue weighted by molar-refractivity contribution is -0.875. The van der Waals surface area contributed by atoms with Crippen LogP contribution in [0.4, 0.5) is 0 Å². The Hall–Kier alpha value is -1.84. The third-order valence-corrected chi connectivity index (χ3v) is 3.38. The Labute approximate surface area is 127 Å². The molecular formula is C18H26N2O+2. The molecule has 2 rings (SSSR count). The fourth-order valence-corrected chi connectivity index (χ4v) is 2.16. The summed E-state index contributed by atoms with van der Waals surface area (Å²) in [6.45, 7) is 3.97. The number of benzene rings is 2. The van der Waals surface area contributed by atoms with E-state index >= 15 is 0 Å². The summed E-state index contributed by atoms with van der Waals surface area (Å²) in [5, 5.41) is 2.35. The maximum absolute atomic E-state index is 5.86. The SMILES string of the molecule is C[NH+](C)CC[NH2+]Cc1cccc(OCc2ccccc2)c1. The molecule has 2 aromatic rings. The third kappa shape index (κ3) is 5.98. The molecule has 0 aromatic heterocycles. The fraction of sp³-hybridized carbons (Fsp3) is 0.333. The molecule has 0 radical (unpaired) electrons. The van der Waals surface area contributed by atoms with Crippen LogP contribution in [0, 0.1) is 0 Å². The second-order valence-electron chi connectivity index (χ2n) is 5.66. The van der Waals surface area contributed by atoms with Gasteiger partial charge in [0.05, 0.1) is 14.1 Å². The van der Waals surface area contributed by atoms with Crippen LogP contribution in [-0.2, 0) is 13.2 Å². The van der Waals surface area contributed by atoms with Crippen LogP contribution >= 0.6 is 0 Å². The molecule has 3 nitrogen and oxygen atoms in total. The average Bonchev–Trinajstić information content (AvgIpc) is 2.51. The molecule has 0 unspecified atom stereocenters. The summed E-state index contributed by atoms with van der Waals surface area (Å²) in [6.07, 6.45) is 0. The number of nitrogens with one attached hydrogen (secondary N) is 1. The highest BCUT2D eigenvalue weighted by Crippen LogP contribution is 2.14. The molecule has 0 bridgehead atoms. The first-order valence-corrected chi connectivity index (χ1v) is 7.60. The number of rotatable bonds is 8. The first-order valence-electron chi connectivity index (χ1n) is 7.60. The third-order valence-electron chi connectivity index (χ3n) is 3.38. The maximum Gasteiger partial charge on any atom is 0.126 e. The summed E-state index contributed by atoms with van der Waals surface area (Å²) in [6, 6.07) is 18.7. The molecule has 0 spiro atoms. The van der Waals surface area contributed by atoms with Crippen LogP contribution in [0.3, 0.4) is 0 Å². The second kappa shape index (κ2) is 8.45. The van der Waals surface area contributed by atoms with Gasteiger partial charge in [-0.15, -0.1) is 0 Å². The van der Waals surface area contributed by atoms with E-state index in [-0.39, 0.29) is 0 Å². The Morgan fingerprint density at radius 1 is 0.952 bits per heavy atom. The Morgan fingerprint density at radius 2 is 1.71 bits per heavy atom. The minimum atomic E-state index is 0.623. The summed E-state index contributed by atoms with van der Waals surface area (Å²) in [4.78, 5) is 1.49. The zero-order chi connectivity index (χ0) is 14.9. The van der Waals surface area contributed by atoms with Crippen molar-refractivity contribution in [2.45, 2.75) is 13.2 Å². The topological polar surface area (TPSA) is 30.3 Å². The van der Waals surface area contributed by atoms with Crippen molar-refractivity contribution < 1.29 is 15.0 Å². The average molecular weight is 286 g/mol. The van der Waals surface area contributed by atoms with Gasteiger partial charge in [0, 0.05) is 5.56 Å². The van der Waals surface area contributed by atoms with Gasteiger partial charge >= 0.3 is 0 Å². The van der Waals surface area contributed by atoms with Crippen molar-refractivity contribution in [3.8, 4) is 5.75 Å². The second-order valence-corrected chi connectivity index (χ2v) is 5.66. The Morgan fingerprint density at radius 3 is 2.48 bits per heavy atom. The van der Waals surface area contributed by atoms with E-state index in [2.05, 4.69) is 49.7 Å². The highest BCUT2D eigenvalue weighted by atomic mass is 16.5. The number of likely N-dealkylation sites (N-methyl/N-ethyl adjacent to an activating group) is 1. The van der Waals surface area contributed by atoms with Gasteiger partial charge in [0.15, 0.2) is 0 Å². The highest BCUT2D eigenvalue weighted by Gasteiger charge is 2.01. The summed E-state index contributed by atoms with van der Waals surface area (Å²) >= 11 is 0. The number of hydrogen-bond acceptors (Lipinski definition) is 1. The maximum atomic E-state index is 5.86. The van der Waals surface area contributed by atoms with E-state index in [9.17, 15) is 0 Å². The number of ether oxygens (including phenoxy) is 1. The minimum Gasteiger partial charge on any atom is -0.489 e. The summed E-state index contributed by atoms with van der Waals surface area (Å²) < 4.78 is 5.86. The molecule has 112 valence electrons. The predicted octanol–water partition coefficient (Wildman–Crippen LogP) is 0.474. The van der Waals surface area contributed by atoms with Crippen LogP contribution in [0.2, 0.25) is 0 Å². The molecule has 0 fully saturated rings. The molecule has 0 atom stereocenters. The number of quaternary nitrogens is 2. The van der Waals surface area contributed by atoms with Crippen LogP contribution in [0.5, 0.6) is 5.75 Å². The van der Waals surface area contributed by atoms with Crippen molar-refractivity contribution in [3.63, 3.8) is 0 Å². The highest BCUT2D eigenvalue weighted by molar-refractivity contribution is 5.28. The van der Waals surface area contributed by atoms with E-state index in [0.29, 0.717) is 6.61 Å². The van der Waals surface area contributed by atoms with Gasteiger partial charge in [0.25, 0.3) is 0 Å². The van der Waals surface area contributed by atoms with Gasteiger partial charge < -0.3 is 15.0 Å². The fourth-order valence-electron chi connectivity index (χ4n) is 2.16. The minimum absolute atomic E-state index is 0.623. The lowest BCUT2D eigenvalue weighted by Gasteiger charge is -2.09. The van der Waals surface area contributed by atoms with Crippen molar-refractivity contribution in [3.05, 3.63) is 65.7 Å². The van der Waals surface area contributed by atoms with Crippen LogP contribution in [0.25, 0.3) is 0 Å². The van der Waals surface area contributed by atoms with Gasteiger partial charge in [-0.2, -0.15) is 0 Å². The molecule has 0 heterocycles. The predicted molar refractivity (Wildman–Crippen MR) is 85.4 cm³/mol. The van der Waals surface area contributed by atoms with E-state index in [4.69, 9.17) is 4.74 Å². The molecule has 0 saturated heterocycles. The zero-order valence-corrected chi connectivity index (χ0v) is 13.0. The van der Waals surface area contributed by atoms with Crippen molar-refractivity contribution in [1.29, 1.82) is 0 Å². The first kappa shape index (κ1) is 15.5. The van der Waals surface area contributed by atoms with Crippen molar-refractivity contribution in [2.75, 3.05) is 27.2 Å². The summed E-state index contributed by atoms with van der Waals surface area (Å²) in [5.41, 5.74) is 2.51. The van der Waals surface area contributed by atoms with Crippen LogP contribution in [0.1, 0.15) is 11.1 Å². The molecule has 0 aliphatic carbocycles. The van der Waals surface area contributed by atoms with Crippen LogP contribution in [0.15, 0.2) is 54.6 Å². The quantitative estimate of drug-likeness (QED) is 0.679. The van der Waals surface area contributed by atoms with E-state index in [1.165, 1.54) is 22.6 Å². The van der Waals surface area contributed by atoms with Crippen molar-refractivity contribution in [1.82, 2.24) is 0 Å². The Bertz CT molecular complexity index is 526. The molecule has 0 aliphatic rings. The molecule has 0 amide bonds. The molecule has 3 heteroatoms.